The van der Waals surface area contributed by atoms with Gasteiger partial charge in [-0.2, -0.15) is 4.31 Å². The Morgan fingerprint density at radius 1 is 1.25 bits per heavy atom. The predicted molar refractivity (Wildman–Crippen MR) is 79.1 cm³/mol. The summed E-state index contributed by atoms with van der Waals surface area (Å²) < 4.78 is 25.5. The summed E-state index contributed by atoms with van der Waals surface area (Å²) in [4.78, 5) is 9.62. The molecular formula is C14H21NO4S. The first-order valence-corrected chi connectivity index (χ1v) is 7.65. The topological polar surface area (TPSA) is 74.7 Å². The van der Waals surface area contributed by atoms with Crippen LogP contribution < -0.4 is 0 Å². The highest BCUT2D eigenvalue weighted by atomic mass is 32.2. The van der Waals surface area contributed by atoms with Crippen molar-refractivity contribution < 1.29 is 18.3 Å². The molecule has 0 saturated carbocycles. The van der Waals surface area contributed by atoms with E-state index in [2.05, 4.69) is 6.58 Å². The normalized spacial score (nSPS) is 10.6. The lowest BCUT2D eigenvalue weighted by molar-refractivity contribution is -0.131. The van der Waals surface area contributed by atoms with E-state index in [1.807, 2.05) is 32.9 Å². The number of carboxylic acid groups (broad SMARTS) is 1. The second-order valence-corrected chi connectivity index (χ2v) is 5.88. The highest BCUT2D eigenvalue weighted by Gasteiger charge is 2.20. The molecule has 0 aromatic heterocycles. The van der Waals surface area contributed by atoms with Gasteiger partial charge in [-0.05, 0) is 19.1 Å². The third kappa shape index (κ3) is 5.54. The fraction of sp³-hybridized carbons (Fsp3) is 0.357. The lowest BCUT2D eigenvalue weighted by Gasteiger charge is -2.18. The van der Waals surface area contributed by atoms with Crippen LogP contribution in [0.5, 0.6) is 0 Å². The Bertz CT molecular complexity index is 531. The maximum Gasteiger partial charge on any atom is 0.327 e. The number of aryl methyl sites for hydroxylation is 1. The van der Waals surface area contributed by atoms with Gasteiger partial charge in [0, 0.05) is 19.2 Å². The van der Waals surface area contributed by atoms with Crippen LogP contribution in [-0.2, 0) is 14.8 Å². The van der Waals surface area contributed by atoms with Crippen LogP contribution in [0.4, 0.5) is 0 Å². The maximum atomic E-state index is 12.0. The van der Waals surface area contributed by atoms with Gasteiger partial charge in [0.05, 0.1) is 4.90 Å². The van der Waals surface area contributed by atoms with Crippen LogP contribution in [0, 0.1) is 6.92 Å². The van der Waals surface area contributed by atoms with Gasteiger partial charge in [-0.15, -0.1) is 0 Å². The Morgan fingerprint density at radius 2 is 1.65 bits per heavy atom. The van der Waals surface area contributed by atoms with Crippen molar-refractivity contribution in [2.75, 3.05) is 13.1 Å². The molecule has 1 aromatic carbocycles. The van der Waals surface area contributed by atoms with Crippen LogP contribution in [0.15, 0.2) is 41.8 Å². The highest BCUT2D eigenvalue weighted by molar-refractivity contribution is 7.89. The first-order chi connectivity index (χ1) is 9.29. The fourth-order valence-electron chi connectivity index (χ4n) is 1.42. The summed E-state index contributed by atoms with van der Waals surface area (Å²) in [5, 5.41) is 7.60. The van der Waals surface area contributed by atoms with E-state index in [1.54, 1.807) is 12.1 Å². The standard InChI is InChI=1S/C11H17NO2S.C3H4O2/c1-4-12(5-2)15(13,14)11-8-6-10(3)7-9-11;1-2-3(4)5/h6-9H,4-5H2,1-3H3;2H,1H2,(H,4,5). The van der Waals surface area contributed by atoms with Crippen molar-refractivity contribution in [1.29, 1.82) is 0 Å². The van der Waals surface area contributed by atoms with Gasteiger partial charge in [0.1, 0.15) is 0 Å². The molecule has 0 radical (unpaired) electrons. The van der Waals surface area contributed by atoms with Gasteiger partial charge in [0.15, 0.2) is 0 Å². The van der Waals surface area contributed by atoms with E-state index in [9.17, 15) is 13.2 Å². The number of rotatable bonds is 5. The summed E-state index contributed by atoms with van der Waals surface area (Å²) in [7, 11) is -3.28. The molecule has 0 unspecified atom stereocenters. The lowest BCUT2D eigenvalue weighted by atomic mass is 10.2. The molecule has 5 nitrogen and oxygen atoms in total. The SMILES string of the molecule is C=CC(=O)O.CCN(CC)S(=O)(=O)c1ccc(C)cc1. The number of aliphatic carboxylic acids is 1. The minimum Gasteiger partial charge on any atom is -0.478 e. The van der Waals surface area contributed by atoms with Crippen molar-refractivity contribution in [3.05, 3.63) is 42.5 Å². The molecule has 1 rings (SSSR count). The minimum atomic E-state index is -3.28. The molecule has 1 aromatic rings. The number of benzene rings is 1. The molecule has 0 aliphatic heterocycles. The first kappa shape index (κ1) is 18.3. The molecule has 0 spiro atoms. The van der Waals surface area contributed by atoms with Gasteiger partial charge in [0.25, 0.3) is 0 Å². The molecule has 112 valence electrons. The molecule has 0 aliphatic carbocycles. The average molecular weight is 299 g/mol. The average Bonchev–Trinajstić information content (AvgIpc) is 2.41. The predicted octanol–water partition coefficient (Wildman–Crippen LogP) is 2.28. The Labute approximate surface area is 120 Å². The van der Waals surface area contributed by atoms with Crippen LogP contribution in [-0.4, -0.2) is 36.9 Å². The lowest BCUT2D eigenvalue weighted by Crippen LogP contribution is -2.30. The van der Waals surface area contributed by atoms with Crippen molar-refractivity contribution >= 4 is 16.0 Å². The highest BCUT2D eigenvalue weighted by Crippen LogP contribution is 2.15. The second-order valence-electron chi connectivity index (χ2n) is 3.94. The summed E-state index contributed by atoms with van der Waals surface area (Å²) in [6, 6.07) is 6.94. The van der Waals surface area contributed by atoms with E-state index >= 15 is 0 Å². The molecule has 0 fully saturated rings. The second kappa shape index (κ2) is 8.50. The molecule has 1 N–H and O–H groups in total. The van der Waals surface area contributed by atoms with Gasteiger partial charge < -0.3 is 5.11 Å². The monoisotopic (exact) mass is 299 g/mol. The van der Waals surface area contributed by atoms with E-state index in [-0.39, 0.29) is 0 Å². The van der Waals surface area contributed by atoms with Gasteiger partial charge in [-0.3, -0.25) is 0 Å². The maximum absolute atomic E-state index is 12.0. The molecule has 0 bridgehead atoms. The molecular weight excluding hydrogens is 278 g/mol. The zero-order valence-corrected chi connectivity index (χ0v) is 12.9. The third-order valence-electron chi connectivity index (χ3n) is 2.54. The van der Waals surface area contributed by atoms with Gasteiger partial charge in [-0.1, -0.05) is 38.1 Å². The molecule has 0 aliphatic rings. The number of hydrogen-bond acceptors (Lipinski definition) is 3. The van der Waals surface area contributed by atoms with Crippen LogP contribution in [0.25, 0.3) is 0 Å². The zero-order valence-electron chi connectivity index (χ0n) is 12.0. The van der Waals surface area contributed by atoms with E-state index < -0.39 is 16.0 Å². The number of hydrogen-bond donors (Lipinski definition) is 1. The van der Waals surface area contributed by atoms with Crippen LogP contribution in [0.3, 0.4) is 0 Å². The van der Waals surface area contributed by atoms with Crippen molar-refractivity contribution in [1.82, 2.24) is 4.31 Å². The zero-order chi connectivity index (χ0) is 15.8. The Hall–Kier alpha value is -1.66. The van der Waals surface area contributed by atoms with Crippen LogP contribution in [0.2, 0.25) is 0 Å². The number of nitrogens with zero attached hydrogens (tertiary/aromatic N) is 1. The van der Waals surface area contributed by atoms with Crippen molar-refractivity contribution in [3.8, 4) is 0 Å². The Balaban J connectivity index is 0.000000621. The number of carboxylic acids is 1. The van der Waals surface area contributed by atoms with Gasteiger partial charge >= 0.3 is 5.97 Å². The Kier molecular flexibility index (Phi) is 7.79. The number of sulfonamides is 1. The van der Waals surface area contributed by atoms with Gasteiger partial charge in [-0.25, -0.2) is 13.2 Å². The van der Waals surface area contributed by atoms with E-state index in [0.29, 0.717) is 18.0 Å². The van der Waals surface area contributed by atoms with Crippen molar-refractivity contribution in [2.24, 2.45) is 0 Å². The largest absolute Gasteiger partial charge is 0.478 e. The summed E-state index contributed by atoms with van der Waals surface area (Å²) in [5.74, 6) is -0.981. The minimum absolute atomic E-state index is 0.372. The van der Waals surface area contributed by atoms with Crippen LogP contribution in [0.1, 0.15) is 19.4 Å². The first-order valence-electron chi connectivity index (χ1n) is 6.21. The summed E-state index contributed by atoms with van der Waals surface area (Å²) >= 11 is 0. The van der Waals surface area contributed by atoms with Crippen LogP contribution >= 0.6 is 0 Å². The summed E-state index contributed by atoms with van der Waals surface area (Å²) in [6.07, 6.45) is 0.833. The molecule has 0 amide bonds. The molecule has 0 heterocycles. The van der Waals surface area contributed by atoms with Crippen molar-refractivity contribution in [2.45, 2.75) is 25.7 Å². The number of carbonyl (C=O) groups is 1. The molecule has 0 atom stereocenters. The summed E-state index contributed by atoms with van der Waals surface area (Å²) in [5.41, 5.74) is 1.06. The van der Waals surface area contributed by atoms with Gasteiger partial charge in [0.2, 0.25) is 10.0 Å². The summed E-state index contributed by atoms with van der Waals surface area (Å²) in [6.45, 7) is 9.60. The Morgan fingerprint density at radius 3 is 1.95 bits per heavy atom. The van der Waals surface area contributed by atoms with E-state index in [1.165, 1.54) is 4.31 Å². The fourth-order valence-corrected chi connectivity index (χ4v) is 2.88. The smallest absolute Gasteiger partial charge is 0.327 e. The molecule has 0 saturated heterocycles. The molecule has 6 heteroatoms. The quantitative estimate of drug-likeness (QED) is 0.846. The third-order valence-corrected chi connectivity index (χ3v) is 4.60. The molecule has 20 heavy (non-hydrogen) atoms. The van der Waals surface area contributed by atoms with Crippen molar-refractivity contribution in [3.63, 3.8) is 0 Å². The van der Waals surface area contributed by atoms with E-state index in [4.69, 9.17) is 5.11 Å². The van der Waals surface area contributed by atoms with E-state index in [0.717, 1.165) is 11.6 Å².